The summed E-state index contributed by atoms with van der Waals surface area (Å²) < 4.78 is 5.66. The van der Waals surface area contributed by atoms with Gasteiger partial charge in [-0.1, -0.05) is 46.9 Å². The molecule has 1 atom stereocenters. The Bertz CT molecular complexity index is 873. The molecule has 8 heteroatoms. The summed E-state index contributed by atoms with van der Waals surface area (Å²) in [6, 6.07) is 9.39. The number of ether oxygens (including phenoxy) is 1. The average molecular weight is 414 g/mol. The van der Waals surface area contributed by atoms with Gasteiger partial charge < -0.3 is 15.0 Å². The number of rotatable bonds is 5. The number of nitrogens with one attached hydrogen (secondary N) is 1. The van der Waals surface area contributed by atoms with Crippen LogP contribution in [0.25, 0.3) is 0 Å². The van der Waals surface area contributed by atoms with E-state index in [1.165, 1.54) is 11.8 Å². The Hall–Kier alpha value is -1.95. The van der Waals surface area contributed by atoms with Crippen molar-refractivity contribution in [1.29, 1.82) is 0 Å². The van der Waals surface area contributed by atoms with Crippen molar-refractivity contribution in [3.05, 3.63) is 57.0 Å². The lowest BCUT2D eigenvalue weighted by Gasteiger charge is -2.19. The highest BCUT2D eigenvalue weighted by Gasteiger charge is 2.39. The van der Waals surface area contributed by atoms with Crippen molar-refractivity contribution in [2.45, 2.75) is 13.0 Å². The molecule has 5 nitrogen and oxygen atoms in total. The average Bonchev–Trinajstić information content (AvgIpc) is 2.83. The number of halogens is 3. The van der Waals surface area contributed by atoms with Crippen LogP contribution < -0.4 is 15.0 Å². The quantitative estimate of drug-likeness (QED) is 0.797. The molecule has 0 aliphatic carbocycles. The molecule has 0 unspecified atom stereocenters. The first-order valence-electron chi connectivity index (χ1n) is 7.83. The van der Waals surface area contributed by atoms with E-state index in [-0.39, 0.29) is 25.0 Å². The van der Waals surface area contributed by atoms with E-state index >= 15 is 0 Å². The smallest absolute Gasteiger partial charge is 0.254 e. The van der Waals surface area contributed by atoms with Gasteiger partial charge in [0.05, 0.1) is 22.3 Å². The maximum absolute atomic E-state index is 12.8. The summed E-state index contributed by atoms with van der Waals surface area (Å²) in [5.41, 5.74) is 1.26. The SMILES string of the molecule is CC(=O)N[C@H]1C(=O)N(CCOc2ccc(Cl)cc2Cl)c2c(Cl)cccc21. The minimum absolute atomic E-state index is 0.199. The topological polar surface area (TPSA) is 58.6 Å². The first-order chi connectivity index (χ1) is 12.4. The van der Waals surface area contributed by atoms with E-state index in [4.69, 9.17) is 39.5 Å². The Labute approximate surface area is 165 Å². The third kappa shape index (κ3) is 3.75. The Morgan fingerprint density at radius 1 is 1.19 bits per heavy atom. The molecule has 0 saturated heterocycles. The molecule has 0 saturated carbocycles. The number of hydrogen-bond acceptors (Lipinski definition) is 3. The van der Waals surface area contributed by atoms with E-state index in [0.29, 0.717) is 32.1 Å². The number of anilines is 1. The van der Waals surface area contributed by atoms with Crippen molar-refractivity contribution in [1.82, 2.24) is 5.32 Å². The van der Waals surface area contributed by atoms with Crippen LogP contribution in [-0.2, 0) is 9.59 Å². The van der Waals surface area contributed by atoms with Crippen LogP contribution in [0.5, 0.6) is 5.75 Å². The van der Waals surface area contributed by atoms with Gasteiger partial charge in [-0.3, -0.25) is 9.59 Å². The van der Waals surface area contributed by atoms with E-state index in [9.17, 15) is 9.59 Å². The minimum Gasteiger partial charge on any atom is -0.490 e. The van der Waals surface area contributed by atoms with E-state index in [1.807, 2.05) is 0 Å². The summed E-state index contributed by atoms with van der Waals surface area (Å²) in [7, 11) is 0. The van der Waals surface area contributed by atoms with Crippen LogP contribution in [-0.4, -0.2) is 25.0 Å². The summed E-state index contributed by atoms with van der Waals surface area (Å²) >= 11 is 18.2. The molecule has 1 aliphatic rings. The summed E-state index contributed by atoms with van der Waals surface area (Å²) in [6.45, 7) is 1.82. The summed E-state index contributed by atoms with van der Waals surface area (Å²) in [5.74, 6) is -0.0741. The fraction of sp³-hybridized carbons (Fsp3) is 0.222. The van der Waals surface area contributed by atoms with Crippen LogP contribution in [0.1, 0.15) is 18.5 Å². The molecule has 0 radical (unpaired) electrons. The molecule has 0 fully saturated rings. The molecule has 0 spiro atoms. The van der Waals surface area contributed by atoms with Crippen molar-refractivity contribution < 1.29 is 14.3 Å². The molecule has 0 bridgehead atoms. The number of carbonyl (C=O) groups excluding carboxylic acids is 2. The third-order valence-corrected chi connectivity index (χ3v) is 4.76. The molecule has 1 aliphatic heterocycles. The number of nitrogens with zero attached hydrogens (tertiary/aromatic N) is 1. The normalized spacial score (nSPS) is 15.8. The second-order valence-corrected chi connectivity index (χ2v) is 6.98. The maximum atomic E-state index is 12.8. The molecule has 136 valence electrons. The fourth-order valence-electron chi connectivity index (χ4n) is 2.85. The Kier molecular flexibility index (Phi) is 5.61. The zero-order valence-corrected chi connectivity index (χ0v) is 16.0. The highest BCUT2D eigenvalue weighted by molar-refractivity contribution is 6.35. The largest absolute Gasteiger partial charge is 0.490 e. The molecule has 1 N–H and O–H groups in total. The van der Waals surface area contributed by atoms with Gasteiger partial charge in [0, 0.05) is 17.5 Å². The van der Waals surface area contributed by atoms with Crippen molar-refractivity contribution in [3.63, 3.8) is 0 Å². The highest BCUT2D eigenvalue weighted by atomic mass is 35.5. The van der Waals surface area contributed by atoms with E-state index in [0.717, 1.165) is 0 Å². The van der Waals surface area contributed by atoms with Crippen LogP contribution in [0.4, 0.5) is 5.69 Å². The van der Waals surface area contributed by atoms with Gasteiger partial charge in [0.1, 0.15) is 18.4 Å². The molecule has 26 heavy (non-hydrogen) atoms. The number of carbonyl (C=O) groups is 2. The van der Waals surface area contributed by atoms with Crippen LogP contribution in [0.2, 0.25) is 15.1 Å². The number of para-hydroxylation sites is 1. The van der Waals surface area contributed by atoms with E-state index < -0.39 is 6.04 Å². The lowest BCUT2D eigenvalue weighted by molar-refractivity contribution is -0.126. The highest BCUT2D eigenvalue weighted by Crippen LogP contribution is 2.40. The van der Waals surface area contributed by atoms with E-state index in [2.05, 4.69) is 5.32 Å². The predicted molar refractivity (Wildman–Crippen MR) is 102 cm³/mol. The first-order valence-corrected chi connectivity index (χ1v) is 8.96. The van der Waals surface area contributed by atoms with Crippen LogP contribution in [0, 0.1) is 0 Å². The second-order valence-electron chi connectivity index (χ2n) is 5.72. The Balaban J connectivity index is 1.77. The number of hydrogen-bond donors (Lipinski definition) is 1. The lowest BCUT2D eigenvalue weighted by Crippen LogP contribution is -2.38. The molecule has 2 amide bonds. The number of amides is 2. The van der Waals surface area contributed by atoms with Crippen LogP contribution in [0.3, 0.4) is 0 Å². The number of benzene rings is 2. The fourth-order valence-corrected chi connectivity index (χ4v) is 3.60. The van der Waals surface area contributed by atoms with Crippen LogP contribution >= 0.6 is 34.8 Å². The van der Waals surface area contributed by atoms with Crippen molar-refractivity contribution in [3.8, 4) is 5.75 Å². The Morgan fingerprint density at radius 3 is 2.65 bits per heavy atom. The molecular weight excluding hydrogens is 399 g/mol. The molecule has 0 aromatic heterocycles. The van der Waals surface area contributed by atoms with Gasteiger partial charge in [-0.2, -0.15) is 0 Å². The zero-order chi connectivity index (χ0) is 18.8. The van der Waals surface area contributed by atoms with Crippen molar-refractivity contribution in [2.24, 2.45) is 0 Å². The van der Waals surface area contributed by atoms with Gasteiger partial charge in [-0.25, -0.2) is 0 Å². The molecule has 2 aromatic carbocycles. The van der Waals surface area contributed by atoms with Crippen LogP contribution in [0.15, 0.2) is 36.4 Å². The summed E-state index contributed by atoms with van der Waals surface area (Å²) in [4.78, 5) is 25.7. The predicted octanol–water partition coefficient (Wildman–Crippen LogP) is 4.25. The standard InChI is InChI=1S/C18H15Cl3N2O3/c1-10(24)22-16-12-3-2-4-13(20)17(12)23(18(16)25)7-8-26-15-6-5-11(19)9-14(15)21/h2-6,9,16H,7-8H2,1H3,(H,22,24)/t16-/m1/s1. The summed E-state index contributed by atoms with van der Waals surface area (Å²) in [6.07, 6.45) is 0. The third-order valence-electron chi connectivity index (χ3n) is 3.93. The Morgan fingerprint density at radius 2 is 1.96 bits per heavy atom. The molecule has 3 rings (SSSR count). The minimum atomic E-state index is -0.750. The molecular formula is C18H15Cl3N2O3. The monoisotopic (exact) mass is 412 g/mol. The van der Waals surface area contributed by atoms with Crippen molar-refractivity contribution >= 4 is 52.3 Å². The maximum Gasteiger partial charge on any atom is 0.254 e. The summed E-state index contributed by atoms with van der Waals surface area (Å²) in [5, 5.41) is 4.00. The van der Waals surface area contributed by atoms with Gasteiger partial charge in [-0.05, 0) is 24.3 Å². The van der Waals surface area contributed by atoms with Crippen molar-refractivity contribution in [2.75, 3.05) is 18.1 Å². The first kappa shape index (κ1) is 18.8. The lowest BCUT2D eigenvalue weighted by atomic mass is 10.1. The van der Waals surface area contributed by atoms with Gasteiger partial charge >= 0.3 is 0 Å². The van der Waals surface area contributed by atoms with Gasteiger partial charge in [-0.15, -0.1) is 0 Å². The van der Waals surface area contributed by atoms with Gasteiger partial charge in [0.15, 0.2) is 0 Å². The van der Waals surface area contributed by atoms with Gasteiger partial charge in [0.25, 0.3) is 5.91 Å². The second kappa shape index (κ2) is 7.74. The molecule has 2 aromatic rings. The van der Waals surface area contributed by atoms with Gasteiger partial charge in [0.2, 0.25) is 5.91 Å². The zero-order valence-electron chi connectivity index (χ0n) is 13.8. The van der Waals surface area contributed by atoms with E-state index in [1.54, 1.807) is 36.4 Å². The molecule has 1 heterocycles. The number of fused-ring (bicyclic) bond motifs is 1.